The van der Waals surface area contributed by atoms with Gasteiger partial charge < -0.3 is 9.08 Å². The maximum absolute atomic E-state index is 13.2. The van der Waals surface area contributed by atoms with E-state index in [4.69, 9.17) is 4.18 Å². The Bertz CT molecular complexity index is 963. The van der Waals surface area contributed by atoms with E-state index >= 15 is 0 Å². The first-order valence-corrected chi connectivity index (χ1v) is 11.4. The Labute approximate surface area is 179 Å². The van der Waals surface area contributed by atoms with Gasteiger partial charge in [-0.15, -0.1) is 0 Å². The van der Waals surface area contributed by atoms with Gasteiger partial charge >= 0.3 is 10.1 Å². The summed E-state index contributed by atoms with van der Waals surface area (Å²) in [6, 6.07) is 12.8. The van der Waals surface area contributed by atoms with Crippen LogP contribution in [0.5, 0.6) is 5.75 Å². The summed E-state index contributed by atoms with van der Waals surface area (Å²) in [4.78, 5) is 14.7. The molecule has 0 aromatic heterocycles. The zero-order valence-corrected chi connectivity index (χ0v) is 19.0. The largest absolute Gasteiger partial charge is 0.382 e. The van der Waals surface area contributed by atoms with Crippen molar-refractivity contribution >= 4 is 16.0 Å². The first kappa shape index (κ1) is 23.9. The molecular weight excluding hydrogens is 405 g/mol. The number of hydrogen-bond donors (Lipinski definition) is 0. The van der Waals surface area contributed by atoms with E-state index in [1.54, 1.807) is 49.1 Å². The van der Waals surface area contributed by atoms with Gasteiger partial charge in [-0.3, -0.25) is 4.79 Å². The molecule has 5 nitrogen and oxygen atoms in total. The van der Waals surface area contributed by atoms with Crippen LogP contribution in [0.1, 0.15) is 52.2 Å². The third-order valence-corrected chi connectivity index (χ3v) is 5.96. The molecule has 0 aliphatic carbocycles. The lowest BCUT2D eigenvalue weighted by Crippen LogP contribution is -2.32. The molecule has 30 heavy (non-hydrogen) atoms. The highest BCUT2D eigenvalue weighted by atomic mass is 32.2. The number of carbonyl (C=O) groups is 1. The van der Waals surface area contributed by atoms with E-state index in [9.17, 15) is 17.6 Å². The number of benzene rings is 2. The molecule has 0 unspecified atom stereocenters. The van der Waals surface area contributed by atoms with Crippen LogP contribution in [-0.2, 0) is 28.0 Å². The predicted molar refractivity (Wildman–Crippen MR) is 116 cm³/mol. The summed E-state index contributed by atoms with van der Waals surface area (Å²) in [7, 11) is -3.71. The van der Waals surface area contributed by atoms with Crippen molar-refractivity contribution in [3.05, 3.63) is 65.5 Å². The van der Waals surface area contributed by atoms with Gasteiger partial charge in [0.2, 0.25) is 5.91 Å². The molecule has 0 saturated heterocycles. The van der Waals surface area contributed by atoms with Gasteiger partial charge in [-0.1, -0.05) is 45.0 Å². The Hall–Kier alpha value is -2.41. The Morgan fingerprint density at radius 1 is 1.03 bits per heavy atom. The monoisotopic (exact) mass is 435 g/mol. The molecule has 0 atom stereocenters. The average molecular weight is 436 g/mol. The second kappa shape index (κ2) is 9.60. The van der Waals surface area contributed by atoms with Gasteiger partial charge in [-0.05, 0) is 54.7 Å². The molecule has 2 aromatic rings. The molecule has 164 valence electrons. The molecular formula is C23H30FNO4S. The maximum atomic E-state index is 13.2. The third kappa shape index (κ3) is 7.44. The fourth-order valence-electron chi connectivity index (χ4n) is 2.75. The van der Waals surface area contributed by atoms with Crippen molar-refractivity contribution in [2.75, 3.05) is 0 Å². The van der Waals surface area contributed by atoms with Crippen molar-refractivity contribution in [3.8, 4) is 5.75 Å². The standard InChI is InChI=1S/C23H30FNO4S/c1-17(2)30(27,28)29-21-8-6-7-19(13-21)16-25(22(26)14-23(3,4)5)15-18-9-11-20(24)12-10-18/h6-13,17H,14-16H2,1-5H3. The summed E-state index contributed by atoms with van der Waals surface area (Å²) in [6.45, 7) is 9.68. The molecule has 0 bridgehead atoms. The number of nitrogens with zero attached hydrogens (tertiary/aromatic N) is 1. The minimum atomic E-state index is -3.71. The molecule has 0 aliphatic heterocycles. The highest BCUT2D eigenvalue weighted by Crippen LogP contribution is 2.23. The first-order valence-electron chi connectivity index (χ1n) is 9.90. The quantitative estimate of drug-likeness (QED) is 0.553. The molecule has 0 heterocycles. The predicted octanol–water partition coefficient (Wildman–Crippen LogP) is 4.91. The van der Waals surface area contributed by atoms with Gasteiger partial charge in [0.1, 0.15) is 11.6 Å². The summed E-state index contributed by atoms with van der Waals surface area (Å²) in [5.74, 6) is -0.151. The number of amides is 1. The topological polar surface area (TPSA) is 63.7 Å². The zero-order valence-electron chi connectivity index (χ0n) is 18.2. The maximum Gasteiger partial charge on any atom is 0.311 e. The molecule has 0 N–H and O–H groups in total. The Balaban J connectivity index is 2.25. The molecule has 0 spiro atoms. The summed E-state index contributed by atoms with van der Waals surface area (Å²) < 4.78 is 42.5. The molecule has 1 amide bonds. The summed E-state index contributed by atoms with van der Waals surface area (Å²) in [6.07, 6.45) is 0.353. The molecule has 2 aromatic carbocycles. The van der Waals surface area contributed by atoms with Crippen LogP contribution in [0.3, 0.4) is 0 Å². The Morgan fingerprint density at radius 3 is 2.20 bits per heavy atom. The first-order chi connectivity index (χ1) is 13.9. The summed E-state index contributed by atoms with van der Waals surface area (Å²) >= 11 is 0. The second-order valence-electron chi connectivity index (χ2n) is 8.89. The highest BCUT2D eigenvalue weighted by molar-refractivity contribution is 7.87. The fourth-order valence-corrected chi connectivity index (χ4v) is 3.32. The molecule has 7 heteroatoms. The third-order valence-electron chi connectivity index (χ3n) is 4.38. The molecule has 0 saturated carbocycles. The van der Waals surface area contributed by atoms with E-state index in [2.05, 4.69) is 0 Å². The molecule has 0 aliphatic rings. The molecule has 0 radical (unpaired) electrons. The lowest BCUT2D eigenvalue weighted by atomic mass is 9.91. The van der Waals surface area contributed by atoms with E-state index in [1.165, 1.54) is 12.1 Å². The smallest absolute Gasteiger partial charge is 0.311 e. The number of rotatable bonds is 8. The SMILES string of the molecule is CC(C)S(=O)(=O)Oc1cccc(CN(Cc2ccc(F)cc2)C(=O)CC(C)(C)C)c1. The van der Waals surface area contributed by atoms with Crippen molar-refractivity contribution in [1.82, 2.24) is 4.90 Å². The van der Waals surface area contributed by atoms with Crippen LogP contribution in [0.4, 0.5) is 4.39 Å². The van der Waals surface area contributed by atoms with Crippen LogP contribution in [0.2, 0.25) is 0 Å². The van der Waals surface area contributed by atoms with Gasteiger partial charge in [-0.2, -0.15) is 8.42 Å². The molecule has 0 fully saturated rings. The lowest BCUT2D eigenvalue weighted by Gasteiger charge is -2.27. The van der Waals surface area contributed by atoms with E-state index in [0.29, 0.717) is 13.0 Å². The lowest BCUT2D eigenvalue weighted by molar-refractivity contribution is -0.134. The van der Waals surface area contributed by atoms with Crippen molar-refractivity contribution in [2.45, 2.75) is 59.4 Å². The minimum absolute atomic E-state index is 0.0343. The van der Waals surface area contributed by atoms with Crippen LogP contribution in [0.25, 0.3) is 0 Å². The van der Waals surface area contributed by atoms with Gasteiger partial charge in [0.25, 0.3) is 0 Å². The second-order valence-corrected chi connectivity index (χ2v) is 11.0. The van der Waals surface area contributed by atoms with Crippen LogP contribution in [-0.4, -0.2) is 24.5 Å². The van der Waals surface area contributed by atoms with Crippen molar-refractivity contribution in [1.29, 1.82) is 0 Å². The average Bonchev–Trinajstić information content (AvgIpc) is 2.61. The summed E-state index contributed by atoms with van der Waals surface area (Å²) in [5, 5.41) is -0.663. The zero-order chi connectivity index (χ0) is 22.5. The number of halogens is 1. The van der Waals surface area contributed by atoms with Crippen LogP contribution in [0.15, 0.2) is 48.5 Å². The van der Waals surface area contributed by atoms with Gasteiger partial charge in [-0.25, -0.2) is 4.39 Å². The number of carbonyl (C=O) groups excluding carboxylic acids is 1. The van der Waals surface area contributed by atoms with E-state index in [-0.39, 0.29) is 29.4 Å². The minimum Gasteiger partial charge on any atom is -0.382 e. The van der Waals surface area contributed by atoms with Crippen molar-refractivity contribution < 1.29 is 21.8 Å². The van der Waals surface area contributed by atoms with Gasteiger partial charge in [0.15, 0.2) is 0 Å². The fraction of sp³-hybridized carbons (Fsp3) is 0.435. The van der Waals surface area contributed by atoms with Crippen LogP contribution < -0.4 is 4.18 Å². The van der Waals surface area contributed by atoms with Crippen LogP contribution in [0, 0.1) is 11.2 Å². The van der Waals surface area contributed by atoms with Crippen LogP contribution >= 0.6 is 0 Å². The normalized spacial score (nSPS) is 12.1. The highest BCUT2D eigenvalue weighted by Gasteiger charge is 2.22. The molecule has 2 rings (SSSR count). The van der Waals surface area contributed by atoms with Gasteiger partial charge in [0.05, 0.1) is 5.25 Å². The van der Waals surface area contributed by atoms with E-state index in [1.807, 2.05) is 26.8 Å². The Morgan fingerprint density at radius 2 is 1.63 bits per heavy atom. The van der Waals surface area contributed by atoms with E-state index < -0.39 is 15.4 Å². The van der Waals surface area contributed by atoms with Crippen molar-refractivity contribution in [2.24, 2.45) is 5.41 Å². The Kier molecular flexibility index (Phi) is 7.64. The van der Waals surface area contributed by atoms with Crippen molar-refractivity contribution in [3.63, 3.8) is 0 Å². The van der Waals surface area contributed by atoms with E-state index in [0.717, 1.165) is 11.1 Å². The summed E-state index contributed by atoms with van der Waals surface area (Å²) in [5.41, 5.74) is 1.37. The van der Waals surface area contributed by atoms with Gasteiger partial charge in [0, 0.05) is 19.5 Å². The number of hydrogen-bond acceptors (Lipinski definition) is 4.